The van der Waals surface area contributed by atoms with Crippen LogP contribution in [0.25, 0.3) is 10.1 Å². The number of hydrogen-bond acceptors (Lipinski definition) is 3. The summed E-state index contributed by atoms with van der Waals surface area (Å²) in [6, 6.07) is 4.42. The number of hydrogen-bond donors (Lipinski definition) is 2. The minimum atomic E-state index is -0.339. The molecule has 1 heterocycles. The Morgan fingerprint density at radius 2 is 2.25 bits per heavy atom. The summed E-state index contributed by atoms with van der Waals surface area (Å²) in [5, 5.41) is 3.55. The van der Waals surface area contributed by atoms with E-state index in [1.54, 1.807) is 6.07 Å². The van der Waals surface area contributed by atoms with E-state index in [9.17, 15) is 9.18 Å². The number of anilines is 1. The van der Waals surface area contributed by atoms with Gasteiger partial charge in [-0.1, -0.05) is 13.8 Å². The smallest absolute Gasteiger partial charge is 0.263 e. The summed E-state index contributed by atoms with van der Waals surface area (Å²) in [6.07, 6.45) is 1.14. The minimum Gasteiger partial charge on any atom is -0.397 e. The molecule has 0 aliphatic heterocycles. The number of benzene rings is 1. The Kier molecular flexibility index (Phi) is 2.97. The number of rotatable bonds is 3. The van der Waals surface area contributed by atoms with E-state index in [0.717, 1.165) is 11.1 Å². The fraction of sp³-hybridized carbons (Fsp3) is 0.400. The number of fused-ring (bicyclic) bond motifs is 1. The van der Waals surface area contributed by atoms with Crippen LogP contribution < -0.4 is 11.1 Å². The fourth-order valence-electron chi connectivity index (χ4n) is 2.48. The number of thiophene rings is 1. The Morgan fingerprint density at radius 1 is 1.55 bits per heavy atom. The van der Waals surface area contributed by atoms with Crippen molar-refractivity contribution in [2.75, 3.05) is 12.3 Å². The second kappa shape index (κ2) is 4.45. The topological polar surface area (TPSA) is 55.1 Å². The zero-order valence-corrected chi connectivity index (χ0v) is 12.3. The summed E-state index contributed by atoms with van der Waals surface area (Å²) in [6.45, 7) is 5.06. The summed E-state index contributed by atoms with van der Waals surface area (Å²) in [5.74, 6) is 0.0417. The maximum absolute atomic E-state index is 13.2. The van der Waals surface area contributed by atoms with Gasteiger partial charge in [-0.2, -0.15) is 0 Å². The molecule has 0 radical (unpaired) electrons. The molecular formula is C15H17FN2OS. The number of carbonyl (C=O) groups excluding carboxylic acids is 1. The van der Waals surface area contributed by atoms with E-state index in [-0.39, 0.29) is 11.7 Å². The van der Waals surface area contributed by atoms with Gasteiger partial charge in [0.05, 0.1) is 5.69 Å². The van der Waals surface area contributed by atoms with Gasteiger partial charge in [0.15, 0.2) is 0 Å². The van der Waals surface area contributed by atoms with E-state index >= 15 is 0 Å². The van der Waals surface area contributed by atoms with Crippen LogP contribution in [0.5, 0.6) is 0 Å². The van der Waals surface area contributed by atoms with Crippen LogP contribution in [0.2, 0.25) is 0 Å². The molecule has 1 amide bonds. The normalized spacial score (nSPS) is 20.1. The van der Waals surface area contributed by atoms with E-state index in [1.807, 2.05) is 0 Å². The molecule has 1 atom stereocenters. The first kappa shape index (κ1) is 13.4. The molecule has 0 spiro atoms. The highest BCUT2D eigenvalue weighted by molar-refractivity contribution is 7.21. The van der Waals surface area contributed by atoms with Crippen molar-refractivity contribution in [3.05, 3.63) is 28.9 Å². The van der Waals surface area contributed by atoms with Crippen molar-refractivity contribution in [3.8, 4) is 0 Å². The third-order valence-corrected chi connectivity index (χ3v) is 5.31. The number of nitrogens with two attached hydrogens (primary N) is 1. The average molecular weight is 292 g/mol. The van der Waals surface area contributed by atoms with Crippen molar-refractivity contribution in [1.29, 1.82) is 0 Å². The van der Waals surface area contributed by atoms with Crippen molar-refractivity contribution in [3.63, 3.8) is 0 Å². The molecule has 1 aliphatic rings. The number of amides is 1. The molecular weight excluding hydrogens is 275 g/mol. The van der Waals surface area contributed by atoms with Crippen molar-refractivity contribution in [1.82, 2.24) is 5.32 Å². The average Bonchev–Trinajstić information content (AvgIpc) is 2.87. The number of halogens is 1. The molecule has 1 unspecified atom stereocenters. The second-order valence-corrected chi connectivity index (χ2v) is 7.14. The lowest BCUT2D eigenvalue weighted by atomic mass is 10.1. The van der Waals surface area contributed by atoms with E-state index in [0.29, 0.717) is 33.8 Å². The van der Waals surface area contributed by atoms with Crippen LogP contribution in [0.1, 0.15) is 29.9 Å². The van der Waals surface area contributed by atoms with E-state index in [1.165, 1.54) is 23.5 Å². The van der Waals surface area contributed by atoms with Crippen LogP contribution in [0, 0.1) is 17.2 Å². The van der Waals surface area contributed by atoms with Gasteiger partial charge in [-0.15, -0.1) is 11.3 Å². The van der Waals surface area contributed by atoms with Gasteiger partial charge < -0.3 is 11.1 Å². The van der Waals surface area contributed by atoms with Gasteiger partial charge in [0.25, 0.3) is 5.91 Å². The largest absolute Gasteiger partial charge is 0.397 e. The molecule has 5 heteroatoms. The van der Waals surface area contributed by atoms with Gasteiger partial charge in [-0.3, -0.25) is 4.79 Å². The van der Waals surface area contributed by atoms with E-state index in [2.05, 4.69) is 19.2 Å². The SMILES string of the molecule is CC1(C)CC1CNC(=O)c1sc2ccc(F)cc2c1N. The zero-order valence-electron chi connectivity index (χ0n) is 11.5. The van der Waals surface area contributed by atoms with Crippen molar-refractivity contribution in [2.45, 2.75) is 20.3 Å². The van der Waals surface area contributed by atoms with Crippen LogP contribution in [0.4, 0.5) is 10.1 Å². The lowest BCUT2D eigenvalue weighted by molar-refractivity contribution is 0.0955. The number of nitrogen functional groups attached to an aromatic ring is 1. The molecule has 106 valence electrons. The number of nitrogens with one attached hydrogen (secondary N) is 1. The molecule has 1 aromatic carbocycles. The van der Waals surface area contributed by atoms with Crippen molar-refractivity contribution in [2.24, 2.45) is 11.3 Å². The molecule has 1 aliphatic carbocycles. The third-order valence-electron chi connectivity index (χ3n) is 4.12. The summed E-state index contributed by atoms with van der Waals surface area (Å²) < 4.78 is 14.1. The summed E-state index contributed by atoms with van der Waals surface area (Å²) in [5.41, 5.74) is 6.67. The first-order valence-corrected chi connectivity index (χ1v) is 7.46. The Labute approximate surface area is 121 Å². The van der Waals surface area contributed by atoms with Gasteiger partial charge in [0, 0.05) is 16.6 Å². The highest BCUT2D eigenvalue weighted by atomic mass is 32.1. The summed E-state index contributed by atoms with van der Waals surface area (Å²) >= 11 is 1.31. The van der Waals surface area contributed by atoms with Crippen LogP contribution in [-0.4, -0.2) is 12.5 Å². The van der Waals surface area contributed by atoms with Crippen LogP contribution in [0.3, 0.4) is 0 Å². The van der Waals surface area contributed by atoms with Crippen molar-refractivity contribution >= 4 is 33.0 Å². The van der Waals surface area contributed by atoms with Crippen molar-refractivity contribution < 1.29 is 9.18 Å². The maximum Gasteiger partial charge on any atom is 0.263 e. The number of carbonyl (C=O) groups is 1. The molecule has 20 heavy (non-hydrogen) atoms. The summed E-state index contributed by atoms with van der Waals surface area (Å²) in [7, 11) is 0. The first-order valence-electron chi connectivity index (χ1n) is 6.64. The third kappa shape index (κ3) is 2.26. The fourth-order valence-corrected chi connectivity index (χ4v) is 3.50. The molecule has 2 aromatic rings. The highest BCUT2D eigenvalue weighted by Crippen LogP contribution is 2.51. The van der Waals surface area contributed by atoms with Crippen LogP contribution >= 0.6 is 11.3 Å². The predicted octanol–water partition coefficient (Wildman–Crippen LogP) is 3.40. The second-order valence-electron chi connectivity index (χ2n) is 6.08. The van der Waals surface area contributed by atoms with E-state index < -0.39 is 0 Å². The lowest BCUT2D eigenvalue weighted by Crippen LogP contribution is -2.26. The van der Waals surface area contributed by atoms with Gasteiger partial charge in [0.1, 0.15) is 10.7 Å². The van der Waals surface area contributed by atoms with Gasteiger partial charge in [0.2, 0.25) is 0 Å². The maximum atomic E-state index is 13.2. The molecule has 3 N–H and O–H groups in total. The van der Waals surface area contributed by atoms with E-state index in [4.69, 9.17) is 5.73 Å². The summed E-state index contributed by atoms with van der Waals surface area (Å²) in [4.78, 5) is 12.7. The monoisotopic (exact) mass is 292 g/mol. The molecule has 0 saturated heterocycles. The Hall–Kier alpha value is -1.62. The molecule has 1 aromatic heterocycles. The Morgan fingerprint density at radius 3 is 2.90 bits per heavy atom. The Bertz CT molecular complexity index is 692. The van der Waals surface area contributed by atoms with Gasteiger partial charge in [-0.25, -0.2) is 4.39 Å². The Balaban J connectivity index is 1.79. The van der Waals surface area contributed by atoms with Crippen LogP contribution in [-0.2, 0) is 0 Å². The minimum absolute atomic E-state index is 0.160. The zero-order chi connectivity index (χ0) is 14.5. The quantitative estimate of drug-likeness (QED) is 0.911. The lowest BCUT2D eigenvalue weighted by Gasteiger charge is -2.05. The van der Waals surface area contributed by atoms with Crippen LogP contribution in [0.15, 0.2) is 18.2 Å². The molecule has 3 rings (SSSR count). The van der Waals surface area contributed by atoms with Gasteiger partial charge in [-0.05, 0) is 36.0 Å². The molecule has 0 bridgehead atoms. The molecule has 1 saturated carbocycles. The molecule has 3 nitrogen and oxygen atoms in total. The molecule has 1 fully saturated rings. The first-order chi connectivity index (χ1) is 9.38. The predicted molar refractivity (Wildman–Crippen MR) is 80.4 cm³/mol. The van der Waals surface area contributed by atoms with Gasteiger partial charge >= 0.3 is 0 Å². The highest BCUT2D eigenvalue weighted by Gasteiger charge is 2.45. The standard InChI is InChI=1S/C15H17FN2OS/c1-15(2)6-8(15)7-18-14(19)13-12(17)10-5-9(16)3-4-11(10)20-13/h3-5,8H,6-7,17H2,1-2H3,(H,18,19).